The number of para-hydroxylation sites is 1. The topological polar surface area (TPSA) is 156 Å². The number of nitrogens with one attached hydrogen (secondary N) is 2. The van der Waals surface area contributed by atoms with Crippen LogP contribution in [0.15, 0.2) is 56.6 Å². The number of amides is 1. The van der Waals surface area contributed by atoms with Crippen LogP contribution in [0.5, 0.6) is 0 Å². The van der Waals surface area contributed by atoms with Crippen LogP contribution in [0.3, 0.4) is 0 Å². The number of nitro benzene ring substituents is 1. The largest absolute Gasteiger partial charge is 0.301 e. The molecule has 29 heavy (non-hydrogen) atoms. The van der Waals surface area contributed by atoms with Gasteiger partial charge < -0.3 is 5.32 Å². The van der Waals surface area contributed by atoms with E-state index in [2.05, 4.69) is 41.2 Å². The fourth-order valence-electron chi connectivity index (χ4n) is 2.24. The van der Waals surface area contributed by atoms with Crippen molar-refractivity contribution in [1.82, 2.24) is 15.8 Å². The number of aromatic nitrogens is 2. The van der Waals surface area contributed by atoms with E-state index in [-0.39, 0.29) is 33.1 Å². The van der Waals surface area contributed by atoms with Gasteiger partial charge in [0.05, 0.1) is 15.1 Å². The number of carbonyl (C=O) groups is 1. The van der Waals surface area contributed by atoms with E-state index in [1.165, 1.54) is 36.4 Å². The third-order valence-electron chi connectivity index (χ3n) is 3.54. The molecule has 0 spiro atoms. The van der Waals surface area contributed by atoms with Crippen molar-refractivity contribution in [3.8, 4) is 0 Å². The number of hydrogen-bond donors (Lipinski definition) is 3. The summed E-state index contributed by atoms with van der Waals surface area (Å²) < 4.78 is 18.1. The van der Waals surface area contributed by atoms with E-state index in [4.69, 9.17) is 0 Å². The summed E-state index contributed by atoms with van der Waals surface area (Å²) in [5.74, 6) is -1.89. The van der Waals surface area contributed by atoms with Gasteiger partial charge in [0.1, 0.15) is 11.4 Å². The molecule has 13 heteroatoms. The lowest BCUT2D eigenvalue weighted by Crippen LogP contribution is -2.23. The smallest absolute Gasteiger partial charge is 0.282 e. The number of rotatable bonds is 5. The molecule has 0 fully saturated rings. The van der Waals surface area contributed by atoms with E-state index < -0.39 is 22.3 Å². The maximum Gasteiger partial charge on any atom is 0.282 e. The minimum Gasteiger partial charge on any atom is -0.301 e. The Balaban J connectivity index is 1.92. The van der Waals surface area contributed by atoms with Crippen LogP contribution in [-0.4, -0.2) is 32.2 Å². The predicted octanol–water partition coefficient (Wildman–Crippen LogP) is 3.19. The van der Waals surface area contributed by atoms with Gasteiger partial charge in [-0.15, -0.1) is 0 Å². The molecule has 0 aliphatic heterocycles. The Morgan fingerprint density at radius 3 is 2.72 bits per heavy atom. The second kappa shape index (κ2) is 8.53. The average Bonchev–Trinajstić information content (AvgIpc) is 3.16. The summed E-state index contributed by atoms with van der Waals surface area (Å²) >= 11 is 3.01. The van der Waals surface area contributed by atoms with Gasteiger partial charge in [0.15, 0.2) is 11.5 Å². The number of hydrogen-bond acceptors (Lipinski definition) is 8. The quantitative estimate of drug-likeness (QED) is 0.225. The molecule has 0 bridgehead atoms. The molecule has 11 nitrogen and oxygen atoms in total. The number of amidine groups is 1. The summed E-state index contributed by atoms with van der Waals surface area (Å²) in [7, 11) is 0. The van der Waals surface area contributed by atoms with Gasteiger partial charge in [-0.05, 0) is 50.5 Å². The Labute approximate surface area is 169 Å². The van der Waals surface area contributed by atoms with Crippen molar-refractivity contribution in [3.05, 3.63) is 74.1 Å². The molecule has 3 N–H and O–H groups in total. The molecule has 3 rings (SSSR count). The van der Waals surface area contributed by atoms with Crippen molar-refractivity contribution < 1.29 is 23.9 Å². The number of halogens is 2. The van der Waals surface area contributed by atoms with Gasteiger partial charge in [0.2, 0.25) is 5.82 Å². The van der Waals surface area contributed by atoms with E-state index in [9.17, 15) is 24.5 Å². The van der Waals surface area contributed by atoms with Gasteiger partial charge in [0, 0.05) is 6.07 Å². The Kier molecular flexibility index (Phi) is 5.90. The summed E-state index contributed by atoms with van der Waals surface area (Å²) in [5.41, 5.74) is 1.20. The SMILES string of the molecule is O=C(Nc1nonc1C(=Nc1ccc(F)c(Br)c1)NO)c1ccccc1[N+](=O)[O-]. The Hall–Kier alpha value is -3.71. The van der Waals surface area contributed by atoms with E-state index in [1.807, 2.05) is 0 Å². The molecule has 0 unspecified atom stereocenters. The van der Waals surface area contributed by atoms with Crippen LogP contribution in [-0.2, 0) is 0 Å². The molecule has 0 saturated carbocycles. The molecular formula is C16H10BrFN6O5. The van der Waals surface area contributed by atoms with Crippen LogP contribution < -0.4 is 10.8 Å². The third kappa shape index (κ3) is 4.41. The number of nitrogens with zero attached hydrogens (tertiary/aromatic N) is 4. The highest BCUT2D eigenvalue weighted by Gasteiger charge is 2.24. The average molecular weight is 465 g/mol. The summed E-state index contributed by atoms with van der Waals surface area (Å²) in [5, 5.41) is 29.9. The van der Waals surface area contributed by atoms with E-state index >= 15 is 0 Å². The molecule has 0 aliphatic carbocycles. The third-order valence-corrected chi connectivity index (χ3v) is 4.15. The standard InChI is InChI=1S/C16H10BrFN6O5/c17-10-7-8(5-6-11(10)18)19-14(21-26)13-15(23-29-22-13)20-16(25)9-3-1-2-4-12(9)24(27)28/h1-7,26H,(H,19,21)(H,20,23,25). The fourth-order valence-corrected chi connectivity index (χ4v) is 2.61. The van der Waals surface area contributed by atoms with Gasteiger partial charge >= 0.3 is 0 Å². The molecular weight excluding hydrogens is 455 g/mol. The number of aliphatic imine (C=N–C) groups is 1. The van der Waals surface area contributed by atoms with Gasteiger partial charge in [0.25, 0.3) is 11.6 Å². The van der Waals surface area contributed by atoms with Crippen LogP contribution in [0, 0.1) is 15.9 Å². The van der Waals surface area contributed by atoms with Gasteiger partial charge in [-0.25, -0.2) is 14.0 Å². The second-order valence-corrected chi connectivity index (χ2v) is 6.21. The zero-order valence-electron chi connectivity index (χ0n) is 14.2. The lowest BCUT2D eigenvalue weighted by Gasteiger charge is -2.06. The van der Waals surface area contributed by atoms with Crippen LogP contribution in [0.25, 0.3) is 0 Å². The molecule has 2 aromatic carbocycles. The first-order valence-corrected chi connectivity index (χ1v) is 8.51. The van der Waals surface area contributed by atoms with E-state index in [0.29, 0.717) is 0 Å². The molecule has 3 aromatic rings. The predicted molar refractivity (Wildman–Crippen MR) is 101 cm³/mol. The van der Waals surface area contributed by atoms with Crippen molar-refractivity contribution in [2.75, 3.05) is 5.32 Å². The zero-order valence-corrected chi connectivity index (χ0v) is 15.8. The zero-order chi connectivity index (χ0) is 21.0. The van der Waals surface area contributed by atoms with Gasteiger partial charge in [-0.3, -0.25) is 25.6 Å². The van der Waals surface area contributed by atoms with E-state index in [0.717, 1.165) is 6.07 Å². The van der Waals surface area contributed by atoms with E-state index in [1.54, 1.807) is 5.48 Å². The Bertz CT molecular complexity index is 1120. The summed E-state index contributed by atoms with van der Waals surface area (Å²) in [4.78, 5) is 26.9. The molecule has 1 heterocycles. The molecule has 148 valence electrons. The van der Waals surface area contributed by atoms with Gasteiger partial charge in [-0.1, -0.05) is 12.1 Å². The second-order valence-electron chi connectivity index (χ2n) is 5.36. The van der Waals surface area contributed by atoms with Crippen molar-refractivity contribution >= 4 is 44.9 Å². The van der Waals surface area contributed by atoms with Gasteiger partial charge in [-0.2, -0.15) is 0 Å². The lowest BCUT2D eigenvalue weighted by atomic mass is 10.1. The summed E-state index contributed by atoms with van der Waals surface area (Å²) in [6.07, 6.45) is 0. The van der Waals surface area contributed by atoms with Crippen LogP contribution in [0.4, 0.5) is 21.6 Å². The molecule has 0 atom stereocenters. The number of carbonyl (C=O) groups excluding carboxylic acids is 1. The maximum absolute atomic E-state index is 13.4. The normalized spacial score (nSPS) is 11.2. The lowest BCUT2D eigenvalue weighted by molar-refractivity contribution is -0.385. The number of benzene rings is 2. The Morgan fingerprint density at radius 2 is 2.03 bits per heavy atom. The molecule has 1 aromatic heterocycles. The monoisotopic (exact) mass is 464 g/mol. The highest BCUT2D eigenvalue weighted by atomic mass is 79.9. The molecule has 0 saturated heterocycles. The van der Waals surface area contributed by atoms with Crippen LogP contribution in [0.2, 0.25) is 0 Å². The first-order chi connectivity index (χ1) is 13.9. The van der Waals surface area contributed by atoms with Crippen molar-refractivity contribution in [2.24, 2.45) is 4.99 Å². The summed E-state index contributed by atoms with van der Waals surface area (Å²) in [6.45, 7) is 0. The highest BCUT2D eigenvalue weighted by Crippen LogP contribution is 2.24. The fraction of sp³-hybridized carbons (Fsp3) is 0. The summed E-state index contributed by atoms with van der Waals surface area (Å²) in [6, 6.07) is 9.12. The highest BCUT2D eigenvalue weighted by molar-refractivity contribution is 9.10. The first kappa shape index (κ1) is 20.0. The van der Waals surface area contributed by atoms with Crippen molar-refractivity contribution in [3.63, 3.8) is 0 Å². The number of hydroxylamine groups is 1. The van der Waals surface area contributed by atoms with Crippen molar-refractivity contribution in [2.45, 2.75) is 0 Å². The minimum absolute atomic E-state index is 0.138. The first-order valence-electron chi connectivity index (χ1n) is 7.72. The molecule has 1 amide bonds. The maximum atomic E-state index is 13.4. The number of anilines is 1. The van der Waals surface area contributed by atoms with Crippen molar-refractivity contribution in [1.29, 1.82) is 0 Å². The van der Waals surface area contributed by atoms with Crippen LogP contribution in [0.1, 0.15) is 16.1 Å². The Morgan fingerprint density at radius 1 is 1.28 bits per heavy atom. The molecule has 0 radical (unpaired) electrons. The van der Waals surface area contributed by atoms with Crippen LogP contribution >= 0.6 is 15.9 Å². The molecule has 0 aliphatic rings. The number of nitro groups is 1. The minimum atomic E-state index is -0.851.